The lowest BCUT2D eigenvalue weighted by atomic mass is 10.1. The molecule has 0 unspecified atom stereocenters. The van der Waals surface area contributed by atoms with Crippen LogP contribution in [0.15, 0.2) is 66.4 Å². The van der Waals surface area contributed by atoms with Crippen LogP contribution in [0.25, 0.3) is 5.69 Å². The summed E-state index contributed by atoms with van der Waals surface area (Å²) in [6, 6.07) is 9.84. The Morgan fingerprint density at radius 3 is 2.44 bits per heavy atom. The molecule has 1 N–H and O–H groups in total. The number of anilines is 1. The molecule has 0 amide bonds. The van der Waals surface area contributed by atoms with Gasteiger partial charge in [0, 0.05) is 24.3 Å². The van der Waals surface area contributed by atoms with Gasteiger partial charge < -0.3 is 4.57 Å². The molecular formula is C17H14F3N5. The topological polar surface area (TPSA) is 55.1 Å². The predicted molar refractivity (Wildman–Crippen MR) is 88.6 cm³/mol. The molecule has 5 nitrogen and oxygen atoms in total. The molecule has 3 aromatic rings. The van der Waals surface area contributed by atoms with E-state index in [1.165, 1.54) is 6.07 Å². The average Bonchev–Trinajstić information content (AvgIpc) is 3.14. The second-order valence-electron chi connectivity index (χ2n) is 5.26. The molecule has 0 saturated carbocycles. The third-order valence-corrected chi connectivity index (χ3v) is 3.52. The van der Waals surface area contributed by atoms with Crippen molar-refractivity contribution in [3.8, 4) is 5.69 Å². The minimum absolute atomic E-state index is 0.238. The van der Waals surface area contributed by atoms with E-state index in [9.17, 15) is 13.2 Å². The van der Waals surface area contributed by atoms with Crippen LogP contribution in [0.3, 0.4) is 0 Å². The molecule has 3 rings (SSSR count). The first-order valence-corrected chi connectivity index (χ1v) is 7.36. The van der Waals surface area contributed by atoms with E-state index in [1.54, 1.807) is 19.4 Å². The van der Waals surface area contributed by atoms with Gasteiger partial charge in [-0.1, -0.05) is 12.1 Å². The van der Waals surface area contributed by atoms with Crippen molar-refractivity contribution in [1.82, 2.24) is 14.5 Å². The Labute approximate surface area is 141 Å². The van der Waals surface area contributed by atoms with Crippen LogP contribution in [-0.4, -0.2) is 20.2 Å². The minimum Gasteiger partial charge on any atom is -0.306 e. The van der Waals surface area contributed by atoms with Gasteiger partial charge in [0.2, 0.25) is 0 Å². The standard InChI is InChI=1S/C17H14F3N5/c1-12(13-2-5-15(6-3-13)25-9-8-21-11-25)23-24-16-7-4-14(10-22-16)17(18,19)20/h2-11H,1H3,(H,22,24)/b23-12-. The van der Waals surface area contributed by atoms with Crippen molar-refractivity contribution in [2.45, 2.75) is 13.1 Å². The first-order chi connectivity index (χ1) is 11.9. The van der Waals surface area contributed by atoms with Crippen molar-refractivity contribution >= 4 is 11.5 Å². The summed E-state index contributed by atoms with van der Waals surface area (Å²) in [6.45, 7) is 1.79. The van der Waals surface area contributed by atoms with E-state index in [4.69, 9.17) is 0 Å². The fourth-order valence-electron chi connectivity index (χ4n) is 2.12. The van der Waals surface area contributed by atoms with E-state index in [2.05, 4.69) is 20.5 Å². The van der Waals surface area contributed by atoms with Crippen molar-refractivity contribution in [2.24, 2.45) is 5.10 Å². The monoisotopic (exact) mass is 345 g/mol. The number of hydrogen-bond donors (Lipinski definition) is 1. The Bertz CT molecular complexity index is 851. The highest BCUT2D eigenvalue weighted by atomic mass is 19.4. The van der Waals surface area contributed by atoms with Gasteiger partial charge >= 0.3 is 6.18 Å². The number of nitrogens with zero attached hydrogens (tertiary/aromatic N) is 4. The zero-order chi connectivity index (χ0) is 17.9. The summed E-state index contributed by atoms with van der Waals surface area (Å²) < 4.78 is 39.4. The van der Waals surface area contributed by atoms with E-state index in [0.29, 0.717) is 5.71 Å². The van der Waals surface area contributed by atoms with Crippen LogP contribution in [-0.2, 0) is 6.18 Å². The molecule has 8 heteroatoms. The number of alkyl halides is 3. The van der Waals surface area contributed by atoms with Crippen LogP contribution >= 0.6 is 0 Å². The van der Waals surface area contributed by atoms with Gasteiger partial charge in [-0.2, -0.15) is 18.3 Å². The van der Waals surface area contributed by atoms with Crippen molar-refractivity contribution in [2.75, 3.05) is 5.43 Å². The average molecular weight is 345 g/mol. The van der Waals surface area contributed by atoms with E-state index < -0.39 is 11.7 Å². The molecule has 2 aromatic heterocycles. The molecule has 0 aliphatic heterocycles. The predicted octanol–water partition coefficient (Wildman–Crippen LogP) is 4.12. The molecule has 0 radical (unpaired) electrons. The zero-order valence-electron chi connectivity index (χ0n) is 13.2. The molecule has 0 atom stereocenters. The summed E-state index contributed by atoms with van der Waals surface area (Å²) >= 11 is 0. The summed E-state index contributed by atoms with van der Waals surface area (Å²) in [5.41, 5.74) is 4.38. The molecule has 0 bridgehead atoms. The molecule has 0 aliphatic rings. The smallest absolute Gasteiger partial charge is 0.306 e. The van der Waals surface area contributed by atoms with E-state index in [1.807, 2.05) is 35.0 Å². The molecule has 0 saturated heterocycles. The first-order valence-electron chi connectivity index (χ1n) is 7.36. The number of benzene rings is 1. The number of hydrazone groups is 1. The lowest BCUT2D eigenvalue weighted by Crippen LogP contribution is -2.06. The lowest BCUT2D eigenvalue weighted by molar-refractivity contribution is -0.137. The SMILES string of the molecule is C/C(=N/Nc1ccc(C(F)(F)F)cn1)c1ccc(-n2ccnc2)cc1. The van der Waals surface area contributed by atoms with Crippen LogP contribution in [0.2, 0.25) is 0 Å². The fraction of sp³-hybridized carbons (Fsp3) is 0.118. The quantitative estimate of drug-likeness (QED) is 0.572. The van der Waals surface area contributed by atoms with Gasteiger partial charge in [-0.25, -0.2) is 9.97 Å². The molecule has 25 heavy (non-hydrogen) atoms. The lowest BCUT2D eigenvalue weighted by Gasteiger charge is -2.07. The number of hydrogen-bond acceptors (Lipinski definition) is 4. The maximum absolute atomic E-state index is 12.5. The van der Waals surface area contributed by atoms with Gasteiger partial charge in [0.25, 0.3) is 0 Å². The molecule has 1 aromatic carbocycles. The van der Waals surface area contributed by atoms with Crippen molar-refractivity contribution in [3.63, 3.8) is 0 Å². The Morgan fingerprint density at radius 1 is 1.12 bits per heavy atom. The van der Waals surface area contributed by atoms with Crippen LogP contribution in [0.5, 0.6) is 0 Å². The van der Waals surface area contributed by atoms with Crippen LogP contribution in [0, 0.1) is 0 Å². The van der Waals surface area contributed by atoms with Crippen LogP contribution < -0.4 is 5.43 Å². The molecule has 0 fully saturated rings. The molecular weight excluding hydrogens is 331 g/mol. The van der Waals surface area contributed by atoms with E-state index >= 15 is 0 Å². The summed E-state index contributed by atoms with van der Waals surface area (Å²) in [4.78, 5) is 7.70. The van der Waals surface area contributed by atoms with Crippen molar-refractivity contribution < 1.29 is 13.2 Å². The summed E-state index contributed by atoms with van der Waals surface area (Å²) in [7, 11) is 0. The van der Waals surface area contributed by atoms with Gasteiger partial charge in [0.15, 0.2) is 0 Å². The highest BCUT2D eigenvalue weighted by Gasteiger charge is 2.30. The molecule has 0 aliphatic carbocycles. The Hall–Kier alpha value is -3.16. The highest BCUT2D eigenvalue weighted by Crippen LogP contribution is 2.28. The van der Waals surface area contributed by atoms with E-state index in [0.717, 1.165) is 23.5 Å². The van der Waals surface area contributed by atoms with Gasteiger partial charge in [-0.15, -0.1) is 0 Å². The first kappa shape index (κ1) is 16.7. The summed E-state index contributed by atoms with van der Waals surface area (Å²) in [5.74, 6) is 0.238. The van der Waals surface area contributed by atoms with Gasteiger partial charge in [-0.05, 0) is 36.8 Å². The Kier molecular flexibility index (Phi) is 4.51. The summed E-state index contributed by atoms with van der Waals surface area (Å²) in [6.07, 6.45) is 1.61. The van der Waals surface area contributed by atoms with Crippen molar-refractivity contribution in [3.05, 3.63) is 72.4 Å². The summed E-state index contributed by atoms with van der Waals surface area (Å²) in [5, 5.41) is 4.15. The van der Waals surface area contributed by atoms with Gasteiger partial charge in [0.05, 0.1) is 17.6 Å². The Balaban J connectivity index is 1.69. The number of nitrogens with one attached hydrogen (secondary N) is 1. The normalized spacial score (nSPS) is 12.2. The fourth-order valence-corrected chi connectivity index (χ4v) is 2.12. The van der Waals surface area contributed by atoms with Gasteiger partial charge in [0.1, 0.15) is 5.82 Å². The number of pyridine rings is 1. The molecule has 2 heterocycles. The van der Waals surface area contributed by atoms with Crippen LogP contribution in [0.4, 0.5) is 19.0 Å². The third-order valence-electron chi connectivity index (χ3n) is 3.52. The van der Waals surface area contributed by atoms with E-state index in [-0.39, 0.29) is 5.82 Å². The number of rotatable bonds is 4. The highest BCUT2D eigenvalue weighted by molar-refractivity contribution is 5.99. The Morgan fingerprint density at radius 2 is 1.88 bits per heavy atom. The second kappa shape index (κ2) is 6.76. The van der Waals surface area contributed by atoms with Gasteiger partial charge in [-0.3, -0.25) is 5.43 Å². The largest absolute Gasteiger partial charge is 0.417 e. The number of halogens is 3. The maximum atomic E-state index is 12.5. The minimum atomic E-state index is -4.40. The number of imidazole rings is 1. The third kappa shape index (κ3) is 4.03. The van der Waals surface area contributed by atoms with Crippen molar-refractivity contribution in [1.29, 1.82) is 0 Å². The maximum Gasteiger partial charge on any atom is 0.417 e. The van der Waals surface area contributed by atoms with Crippen LogP contribution in [0.1, 0.15) is 18.1 Å². The second-order valence-corrected chi connectivity index (χ2v) is 5.26. The zero-order valence-corrected chi connectivity index (χ0v) is 13.2. The number of aromatic nitrogens is 3. The molecule has 128 valence electrons. The molecule has 0 spiro atoms.